The molecule has 0 bridgehead atoms. The lowest BCUT2D eigenvalue weighted by molar-refractivity contribution is -0.114. The molecule has 7 nitrogen and oxygen atoms in total. The third kappa shape index (κ3) is 6.22. The summed E-state index contributed by atoms with van der Waals surface area (Å²) in [5.41, 5.74) is 3.11. The van der Waals surface area contributed by atoms with Crippen molar-refractivity contribution >= 4 is 34.8 Å². The van der Waals surface area contributed by atoms with E-state index in [1.165, 1.54) is 6.92 Å². The zero-order valence-corrected chi connectivity index (χ0v) is 20.0. The van der Waals surface area contributed by atoms with Crippen molar-refractivity contribution in [3.05, 3.63) is 83.4 Å². The van der Waals surface area contributed by atoms with Crippen LogP contribution in [0, 0.1) is 0 Å². The highest BCUT2D eigenvalue weighted by Gasteiger charge is 2.18. The number of hydrogen-bond acceptors (Lipinski definition) is 4. The van der Waals surface area contributed by atoms with Crippen molar-refractivity contribution in [1.29, 1.82) is 0 Å². The fourth-order valence-corrected chi connectivity index (χ4v) is 3.32. The van der Waals surface area contributed by atoms with Crippen LogP contribution in [0.1, 0.15) is 54.0 Å². The molecule has 0 radical (unpaired) electrons. The van der Waals surface area contributed by atoms with E-state index >= 15 is 0 Å². The molecule has 0 aromatic heterocycles. The SMILES string of the molecule is COc1ccc(NC(=O)c2ccc(NC(C)=O)cc2NC(=O)c2ccc(C(C)(C)C)cc2)cc1. The molecule has 3 rings (SSSR count). The predicted molar refractivity (Wildman–Crippen MR) is 135 cm³/mol. The van der Waals surface area contributed by atoms with Gasteiger partial charge in [0, 0.05) is 23.9 Å². The van der Waals surface area contributed by atoms with Gasteiger partial charge in [-0.25, -0.2) is 0 Å². The Morgan fingerprint density at radius 3 is 1.91 bits per heavy atom. The van der Waals surface area contributed by atoms with E-state index in [1.54, 1.807) is 61.7 Å². The fraction of sp³-hybridized carbons (Fsp3) is 0.222. The third-order valence-corrected chi connectivity index (χ3v) is 5.19. The zero-order chi connectivity index (χ0) is 24.9. The smallest absolute Gasteiger partial charge is 0.257 e. The monoisotopic (exact) mass is 459 g/mol. The van der Waals surface area contributed by atoms with E-state index in [0.29, 0.717) is 22.7 Å². The molecule has 0 aliphatic carbocycles. The minimum absolute atomic E-state index is 0.0333. The van der Waals surface area contributed by atoms with Crippen LogP contribution < -0.4 is 20.7 Å². The van der Waals surface area contributed by atoms with Gasteiger partial charge in [-0.1, -0.05) is 32.9 Å². The summed E-state index contributed by atoms with van der Waals surface area (Å²) in [5.74, 6) is -0.356. The summed E-state index contributed by atoms with van der Waals surface area (Å²) in [4.78, 5) is 37.5. The normalized spacial score (nSPS) is 10.9. The van der Waals surface area contributed by atoms with Gasteiger partial charge in [0.15, 0.2) is 0 Å². The molecule has 34 heavy (non-hydrogen) atoms. The van der Waals surface area contributed by atoms with Gasteiger partial charge in [0.05, 0.1) is 18.4 Å². The highest BCUT2D eigenvalue weighted by molar-refractivity contribution is 6.13. The number of carbonyl (C=O) groups excluding carboxylic acids is 3. The predicted octanol–water partition coefficient (Wildman–Crippen LogP) is 5.46. The van der Waals surface area contributed by atoms with Crippen LogP contribution in [0.4, 0.5) is 17.1 Å². The molecule has 3 N–H and O–H groups in total. The summed E-state index contributed by atoms with van der Waals surface area (Å²) in [6, 6.07) is 19.0. The fourth-order valence-electron chi connectivity index (χ4n) is 3.32. The highest BCUT2D eigenvalue weighted by Crippen LogP contribution is 2.25. The van der Waals surface area contributed by atoms with E-state index in [1.807, 2.05) is 12.1 Å². The molecule has 0 fully saturated rings. The summed E-state index contributed by atoms with van der Waals surface area (Å²) in [6.07, 6.45) is 0. The zero-order valence-electron chi connectivity index (χ0n) is 20.0. The van der Waals surface area contributed by atoms with Gasteiger partial charge >= 0.3 is 0 Å². The molecule has 0 unspecified atom stereocenters. The summed E-state index contributed by atoms with van der Waals surface area (Å²) in [5, 5.41) is 8.30. The topological polar surface area (TPSA) is 96.5 Å². The van der Waals surface area contributed by atoms with Gasteiger partial charge in [-0.05, 0) is 65.6 Å². The molecular weight excluding hydrogens is 430 g/mol. The van der Waals surface area contributed by atoms with Crippen molar-refractivity contribution < 1.29 is 19.1 Å². The van der Waals surface area contributed by atoms with Gasteiger partial charge in [0.2, 0.25) is 5.91 Å². The maximum atomic E-state index is 13.0. The first-order valence-electron chi connectivity index (χ1n) is 10.9. The van der Waals surface area contributed by atoms with Crippen molar-refractivity contribution in [2.45, 2.75) is 33.1 Å². The number of rotatable bonds is 6. The van der Waals surface area contributed by atoms with E-state index < -0.39 is 5.91 Å². The molecule has 0 atom stereocenters. The van der Waals surface area contributed by atoms with Crippen LogP contribution in [0.15, 0.2) is 66.7 Å². The number of hydrogen-bond donors (Lipinski definition) is 3. The molecule has 176 valence electrons. The van der Waals surface area contributed by atoms with Gasteiger partial charge in [0.25, 0.3) is 11.8 Å². The van der Waals surface area contributed by atoms with Gasteiger partial charge in [-0.3, -0.25) is 14.4 Å². The Kier molecular flexibility index (Phi) is 7.36. The molecular formula is C27H29N3O4. The second-order valence-corrected chi connectivity index (χ2v) is 8.91. The molecule has 0 heterocycles. The summed E-state index contributed by atoms with van der Waals surface area (Å²) in [6.45, 7) is 7.69. The number of amides is 3. The Morgan fingerprint density at radius 2 is 1.35 bits per heavy atom. The van der Waals surface area contributed by atoms with E-state index in [0.717, 1.165) is 5.56 Å². The Labute approximate surface area is 199 Å². The molecule has 0 saturated carbocycles. The number of carbonyl (C=O) groups is 3. The lowest BCUT2D eigenvalue weighted by Crippen LogP contribution is -2.19. The second-order valence-electron chi connectivity index (χ2n) is 8.91. The maximum Gasteiger partial charge on any atom is 0.257 e. The van der Waals surface area contributed by atoms with Crippen LogP contribution in [0.2, 0.25) is 0 Å². The van der Waals surface area contributed by atoms with Crippen molar-refractivity contribution in [2.75, 3.05) is 23.1 Å². The van der Waals surface area contributed by atoms with Crippen LogP contribution in [-0.2, 0) is 10.2 Å². The highest BCUT2D eigenvalue weighted by atomic mass is 16.5. The molecule has 0 aliphatic rings. The van der Waals surface area contributed by atoms with E-state index in [2.05, 4.69) is 36.7 Å². The van der Waals surface area contributed by atoms with E-state index in [9.17, 15) is 14.4 Å². The Bertz CT molecular complexity index is 1190. The maximum absolute atomic E-state index is 13.0. The third-order valence-electron chi connectivity index (χ3n) is 5.19. The molecule has 3 amide bonds. The molecule has 0 saturated heterocycles. The first-order chi connectivity index (χ1) is 16.1. The van der Waals surface area contributed by atoms with Crippen molar-refractivity contribution in [2.24, 2.45) is 0 Å². The van der Waals surface area contributed by atoms with Crippen LogP contribution >= 0.6 is 0 Å². The van der Waals surface area contributed by atoms with Gasteiger partial charge < -0.3 is 20.7 Å². The number of anilines is 3. The quantitative estimate of drug-likeness (QED) is 0.456. The first-order valence-corrected chi connectivity index (χ1v) is 10.9. The number of methoxy groups -OCH3 is 1. The summed E-state index contributed by atoms with van der Waals surface area (Å²) >= 11 is 0. The van der Waals surface area contributed by atoms with E-state index in [4.69, 9.17) is 4.74 Å². The van der Waals surface area contributed by atoms with Crippen molar-refractivity contribution in [3.8, 4) is 5.75 Å². The number of benzene rings is 3. The molecule has 7 heteroatoms. The minimum atomic E-state index is -0.405. The lowest BCUT2D eigenvalue weighted by Gasteiger charge is -2.19. The second kappa shape index (κ2) is 10.2. The lowest BCUT2D eigenvalue weighted by atomic mass is 9.86. The van der Waals surface area contributed by atoms with Gasteiger partial charge in [-0.15, -0.1) is 0 Å². The summed E-state index contributed by atoms with van der Waals surface area (Å²) < 4.78 is 5.14. The largest absolute Gasteiger partial charge is 0.497 e. The van der Waals surface area contributed by atoms with Crippen molar-refractivity contribution in [3.63, 3.8) is 0 Å². The number of ether oxygens (including phenoxy) is 1. The minimum Gasteiger partial charge on any atom is -0.497 e. The molecule has 0 spiro atoms. The molecule has 3 aromatic carbocycles. The Balaban J connectivity index is 1.87. The summed E-state index contributed by atoms with van der Waals surface area (Å²) in [7, 11) is 1.57. The van der Waals surface area contributed by atoms with Crippen LogP contribution in [0.5, 0.6) is 5.75 Å². The van der Waals surface area contributed by atoms with Crippen LogP contribution in [0.25, 0.3) is 0 Å². The Morgan fingerprint density at radius 1 is 0.735 bits per heavy atom. The van der Waals surface area contributed by atoms with E-state index in [-0.39, 0.29) is 28.5 Å². The van der Waals surface area contributed by atoms with Crippen LogP contribution in [-0.4, -0.2) is 24.8 Å². The van der Waals surface area contributed by atoms with Gasteiger partial charge in [0.1, 0.15) is 5.75 Å². The van der Waals surface area contributed by atoms with Crippen LogP contribution in [0.3, 0.4) is 0 Å². The molecule has 3 aromatic rings. The Hall–Kier alpha value is -4.13. The number of nitrogens with one attached hydrogen (secondary N) is 3. The average molecular weight is 460 g/mol. The molecule has 0 aliphatic heterocycles. The average Bonchev–Trinajstić information content (AvgIpc) is 2.78. The standard InChI is InChI=1S/C27H29N3O4/c1-17(31)28-21-12-15-23(26(33)29-20-10-13-22(34-5)14-11-20)24(16-21)30-25(32)18-6-8-19(9-7-18)27(2,3)4/h6-16H,1-5H3,(H,28,31)(H,29,33)(H,30,32). The first kappa shape index (κ1) is 24.5. The van der Waals surface area contributed by atoms with Crippen molar-refractivity contribution in [1.82, 2.24) is 0 Å². The van der Waals surface area contributed by atoms with Gasteiger partial charge in [-0.2, -0.15) is 0 Å².